The third-order valence-corrected chi connectivity index (χ3v) is 1.63. The Bertz CT molecular complexity index is 398. The minimum Gasteiger partial charge on any atom is -0.444 e. The van der Waals surface area contributed by atoms with Gasteiger partial charge in [0.25, 0.3) is 0 Å². The zero-order valence-corrected chi connectivity index (χ0v) is 7.77. The van der Waals surface area contributed by atoms with Crippen molar-refractivity contribution in [1.29, 1.82) is 0 Å². The Hall–Kier alpha value is -1.91. The van der Waals surface area contributed by atoms with Crippen LogP contribution >= 0.6 is 0 Å². The van der Waals surface area contributed by atoms with Crippen LogP contribution < -0.4 is 5.32 Å². The van der Waals surface area contributed by atoms with E-state index in [0.29, 0.717) is 18.4 Å². The van der Waals surface area contributed by atoms with Gasteiger partial charge in [-0.25, -0.2) is 15.0 Å². The molecule has 72 valence electrons. The molecule has 14 heavy (non-hydrogen) atoms. The van der Waals surface area contributed by atoms with E-state index in [1.165, 1.54) is 0 Å². The van der Waals surface area contributed by atoms with E-state index in [2.05, 4.69) is 20.3 Å². The summed E-state index contributed by atoms with van der Waals surface area (Å²) < 4.78 is 5.28. The monoisotopic (exact) mass is 190 g/mol. The van der Waals surface area contributed by atoms with Gasteiger partial charge in [0, 0.05) is 12.4 Å². The minimum absolute atomic E-state index is 0.498. The molecule has 0 bridgehead atoms. The van der Waals surface area contributed by atoms with Gasteiger partial charge in [0.05, 0.1) is 12.7 Å². The Balaban J connectivity index is 1.95. The lowest BCUT2D eigenvalue weighted by Gasteiger charge is -1.99. The van der Waals surface area contributed by atoms with Crippen molar-refractivity contribution in [3.05, 3.63) is 36.3 Å². The van der Waals surface area contributed by atoms with Gasteiger partial charge in [0.1, 0.15) is 5.76 Å². The molecule has 0 aliphatic heterocycles. The van der Waals surface area contributed by atoms with Crippen molar-refractivity contribution in [3.8, 4) is 0 Å². The molecular formula is C9H10N4O. The Labute approximate surface area is 81.2 Å². The summed E-state index contributed by atoms with van der Waals surface area (Å²) in [5.74, 6) is 2.01. The van der Waals surface area contributed by atoms with Crippen LogP contribution in [0.2, 0.25) is 0 Å². The number of nitrogens with zero attached hydrogens (tertiary/aromatic N) is 3. The molecule has 0 saturated carbocycles. The molecule has 0 aliphatic carbocycles. The Morgan fingerprint density at radius 1 is 1.29 bits per heavy atom. The fraction of sp³-hybridized carbons (Fsp3) is 0.222. The van der Waals surface area contributed by atoms with Crippen LogP contribution in [0.1, 0.15) is 11.7 Å². The van der Waals surface area contributed by atoms with E-state index < -0.39 is 0 Å². The second-order valence-corrected chi connectivity index (χ2v) is 2.79. The number of hydrogen-bond acceptors (Lipinski definition) is 5. The number of nitrogens with one attached hydrogen (secondary N) is 1. The molecule has 0 atom stereocenters. The largest absolute Gasteiger partial charge is 0.444 e. The molecule has 0 radical (unpaired) electrons. The molecule has 2 aromatic heterocycles. The first kappa shape index (κ1) is 8.68. The van der Waals surface area contributed by atoms with Crippen LogP contribution in [0.25, 0.3) is 0 Å². The summed E-state index contributed by atoms with van der Waals surface area (Å²) in [6.45, 7) is 2.35. The lowest BCUT2D eigenvalue weighted by Crippen LogP contribution is -2.02. The standard InChI is InChI=1S/C9H10N4O/c1-7-5-12-8(14-7)6-13-9-10-3-2-4-11-9/h2-5H,6H2,1H3,(H,10,11,13). The maximum absolute atomic E-state index is 5.28. The van der Waals surface area contributed by atoms with Crippen LogP contribution in [-0.2, 0) is 6.54 Å². The van der Waals surface area contributed by atoms with Crippen molar-refractivity contribution in [1.82, 2.24) is 15.0 Å². The van der Waals surface area contributed by atoms with Crippen molar-refractivity contribution in [2.45, 2.75) is 13.5 Å². The molecule has 5 nitrogen and oxygen atoms in total. The maximum Gasteiger partial charge on any atom is 0.223 e. The van der Waals surface area contributed by atoms with Gasteiger partial charge in [-0.05, 0) is 13.0 Å². The molecule has 0 spiro atoms. The van der Waals surface area contributed by atoms with E-state index in [4.69, 9.17) is 4.42 Å². The fourth-order valence-electron chi connectivity index (χ4n) is 1.03. The molecule has 2 rings (SSSR count). The number of anilines is 1. The SMILES string of the molecule is Cc1cnc(CNc2ncccn2)o1. The van der Waals surface area contributed by atoms with Gasteiger partial charge in [0.15, 0.2) is 0 Å². The zero-order valence-electron chi connectivity index (χ0n) is 7.77. The van der Waals surface area contributed by atoms with Gasteiger partial charge < -0.3 is 9.73 Å². The van der Waals surface area contributed by atoms with Crippen LogP contribution in [0.15, 0.2) is 29.1 Å². The second-order valence-electron chi connectivity index (χ2n) is 2.79. The molecule has 2 heterocycles. The number of oxazole rings is 1. The van der Waals surface area contributed by atoms with Crippen molar-refractivity contribution in [3.63, 3.8) is 0 Å². The number of rotatable bonds is 3. The minimum atomic E-state index is 0.498. The number of hydrogen-bond donors (Lipinski definition) is 1. The first-order valence-electron chi connectivity index (χ1n) is 4.27. The van der Waals surface area contributed by atoms with E-state index in [0.717, 1.165) is 5.76 Å². The molecule has 0 amide bonds. The van der Waals surface area contributed by atoms with E-state index >= 15 is 0 Å². The third kappa shape index (κ3) is 2.07. The highest BCUT2D eigenvalue weighted by Crippen LogP contribution is 2.03. The first-order valence-corrected chi connectivity index (χ1v) is 4.27. The molecule has 2 aromatic rings. The average molecular weight is 190 g/mol. The Kier molecular flexibility index (Phi) is 2.40. The fourth-order valence-corrected chi connectivity index (χ4v) is 1.03. The van der Waals surface area contributed by atoms with Gasteiger partial charge >= 0.3 is 0 Å². The smallest absolute Gasteiger partial charge is 0.223 e. The molecule has 0 aliphatic rings. The van der Waals surface area contributed by atoms with Crippen molar-refractivity contribution < 1.29 is 4.42 Å². The lowest BCUT2D eigenvalue weighted by atomic mass is 10.6. The lowest BCUT2D eigenvalue weighted by molar-refractivity contribution is 0.478. The molecule has 5 heteroatoms. The van der Waals surface area contributed by atoms with Gasteiger partial charge in [-0.1, -0.05) is 0 Å². The zero-order chi connectivity index (χ0) is 9.80. The molecule has 0 unspecified atom stereocenters. The predicted octanol–water partition coefficient (Wildman–Crippen LogP) is 1.39. The molecule has 1 N–H and O–H groups in total. The van der Waals surface area contributed by atoms with Crippen LogP contribution in [0.4, 0.5) is 5.95 Å². The summed E-state index contributed by atoms with van der Waals surface area (Å²) in [4.78, 5) is 12.1. The number of aryl methyl sites for hydroxylation is 1. The van der Waals surface area contributed by atoms with Gasteiger partial charge in [-0.2, -0.15) is 0 Å². The summed E-state index contributed by atoms with van der Waals surface area (Å²) >= 11 is 0. The van der Waals surface area contributed by atoms with Crippen LogP contribution in [0.3, 0.4) is 0 Å². The second kappa shape index (κ2) is 3.87. The summed E-state index contributed by atoms with van der Waals surface area (Å²) in [5, 5.41) is 3.00. The summed E-state index contributed by atoms with van der Waals surface area (Å²) in [7, 11) is 0. The van der Waals surface area contributed by atoms with Crippen molar-refractivity contribution >= 4 is 5.95 Å². The molecule has 0 fully saturated rings. The normalized spacial score (nSPS) is 10.1. The molecule has 0 aromatic carbocycles. The van der Waals surface area contributed by atoms with Crippen LogP contribution in [-0.4, -0.2) is 15.0 Å². The first-order chi connectivity index (χ1) is 6.84. The van der Waals surface area contributed by atoms with Gasteiger partial charge in [-0.3, -0.25) is 0 Å². The highest BCUT2D eigenvalue weighted by Gasteiger charge is 2.00. The van der Waals surface area contributed by atoms with Gasteiger partial charge in [0.2, 0.25) is 11.8 Å². The van der Waals surface area contributed by atoms with Crippen LogP contribution in [0, 0.1) is 6.92 Å². The Morgan fingerprint density at radius 2 is 2.07 bits per heavy atom. The highest BCUT2D eigenvalue weighted by molar-refractivity contribution is 5.22. The van der Waals surface area contributed by atoms with Crippen LogP contribution in [0.5, 0.6) is 0 Å². The molecular weight excluding hydrogens is 180 g/mol. The van der Waals surface area contributed by atoms with E-state index in [1.54, 1.807) is 24.7 Å². The third-order valence-electron chi connectivity index (χ3n) is 1.63. The molecule has 0 saturated heterocycles. The summed E-state index contributed by atoms with van der Waals surface area (Å²) in [6, 6.07) is 1.76. The highest BCUT2D eigenvalue weighted by atomic mass is 16.4. The summed E-state index contributed by atoms with van der Waals surface area (Å²) in [5.41, 5.74) is 0. The maximum atomic E-state index is 5.28. The topological polar surface area (TPSA) is 63.8 Å². The quantitative estimate of drug-likeness (QED) is 0.792. The number of aromatic nitrogens is 3. The van der Waals surface area contributed by atoms with E-state index in [1.807, 2.05) is 6.92 Å². The van der Waals surface area contributed by atoms with Crippen molar-refractivity contribution in [2.75, 3.05) is 5.32 Å². The predicted molar refractivity (Wildman–Crippen MR) is 50.6 cm³/mol. The average Bonchev–Trinajstić information content (AvgIpc) is 2.63. The Morgan fingerprint density at radius 3 is 2.71 bits per heavy atom. The van der Waals surface area contributed by atoms with Gasteiger partial charge in [-0.15, -0.1) is 0 Å². The van der Waals surface area contributed by atoms with E-state index in [9.17, 15) is 0 Å². The summed E-state index contributed by atoms with van der Waals surface area (Å²) in [6.07, 6.45) is 5.04. The van der Waals surface area contributed by atoms with E-state index in [-0.39, 0.29) is 0 Å². The van der Waals surface area contributed by atoms with Crippen molar-refractivity contribution in [2.24, 2.45) is 0 Å².